The summed E-state index contributed by atoms with van der Waals surface area (Å²) >= 11 is 0. The molecular weight excluding hydrogens is 508 g/mol. The minimum absolute atomic E-state index is 0.0351. The lowest BCUT2D eigenvalue weighted by atomic mass is 10.00. The number of aromatic hydroxyl groups is 1. The van der Waals surface area contributed by atoms with Gasteiger partial charge in [0.15, 0.2) is 5.88 Å². The van der Waals surface area contributed by atoms with Crippen molar-refractivity contribution in [1.82, 2.24) is 9.88 Å². The summed E-state index contributed by atoms with van der Waals surface area (Å²) in [5.74, 6) is -0.570. The van der Waals surface area contributed by atoms with Gasteiger partial charge in [-0.2, -0.15) is 0 Å². The molecule has 1 fully saturated rings. The molecule has 0 bridgehead atoms. The van der Waals surface area contributed by atoms with Gasteiger partial charge in [-0.25, -0.2) is 9.79 Å². The monoisotopic (exact) mass is 536 g/mol. The van der Waals surface area contributed by atoms with Crippen LogP contribution in [-0.4, -0.2) is 65.2 Å². The minimum Gasteiger partial charge on any atom is -0.494 e. The van der Waals surface area contributed by atoms with Crippen LogP contribution in [0.25, 0.3) is 10.9 Å². The number of hydrogen-bond donors (Lipinski definition) is 2. The van der Waals surface area contributed by atoms with Crippen LogP contribution in [-0.2, 0) is 20.7 Å². The first-order chi connectivity index (χ1) is 19.4. The van der Waals surface area contributed by atoms with Crippen molar-refractivity contribution in [3.05, 3.63) is 89.0 Å². The number of hydrogen-bond acceptors (Lipinski definition) is 6. The maximum absolute atomic E-state index is 13.0. The van der Waals surface area contributed by atoms with Crippen LogP contribution in [0.3, 0.4) is 0 Å². The van der Waals surface area contributed by atoms with Crippen LogP contribution in [0.1, 0.15) is 39.9 Å². The van der Waals surface area contributed by atoms with Crippen LogP contribution in [0.5, 0.6) is 5.88 Å². The van der Waals surface area contributed by atoms with E-state index in [1.54, 1.807) is 28.0 Å². The van der Waals surface area contributed by atoms with E-state index in [4.69, 9.17) is 9.73 Å². The molecule has 1 aromatic heterocycles. The first-order valence-corrected chi connectivity index (χ1v) is 13.2. The lowest BCUT2D eigenvalue weighted by molar-refractivity contribution is -0.132. The van der Waals surface area contributed by atoms with Crippen molar-refractivity contribution in [3.8, 4) is 5.88 Å². The number of rotatable bonds is 6. The largest absolute Gasteiger partial charge is 0.494 e. The quantitative estimate of drug-likeness (QED) is 0.281. The van der Waals surface area contributed by atoms with Gasteiger partial charge in [0.2, 0.25) is 11.8 Å². The second-order valence-electron chi connectivity index (χ2n) is 9.95. The molecule has 2 aliphatic heterocycles. The summed E-state index contributed by atoms with van der Waals surface area (Å²) in [6.07, 6.45) is 1.99. The van der Waals surface area contributed by atoms with E-state index in [9.17, 15) is 19.5 Å². The van der Waals surface area contributed by atoms with Crippen molar-refractivity contribution < 1.29 is 24.2 Å². The highest BCUT2D eigenvalue weighted by atomic mass is 16.5. The van der Waals surface area contributed by atoms with Crippen LogP contribution in [0.4, 0.5) is 11.4 Å². The lowest BCUT2D eigenvalue weighted by Crippen LogP contribution is -2.40. The molecular formula is C31H28N4O5. The average Bonchev–Trinajstić information content (AvgIpc) is 3.67. The van der Waals surface area contributed by atoms with E-state index < -0.39 is 5.97 Å². The molecule has 0 unspecified atom stereocenters. The zero-order valence-electron chi connectivity index (χ0n) is 22.0. The predicted octanol–water partition coefficient (Wildman–Crippen LogP) is 4.34. The number of anilines is 1. The standard InChI is InChI=1S/C31H28N4O5/c1-40-31(39)21-9-11-23-24(17-21)33-30(38)28(23)29(19-6-3-2-4-7-19)32-22-10-12-25-20(16-22)13-15-35(25)27(37)18-34-14-5-8-26(34)36/h2-4,6-7,9-12,16-17,33,38H,5,8,13-15,18H2,1H3. The highest BCUT2D eigenvalue weighted by molar-refractivity contribution is 6.22. The molecule has 9 nitrogen and oxygen atoms in total. The fourth-order valence-corrected chi connectivity index (χ4v) is 5.49. The third-order valence-corrected chi connectivity index (χ3v) is 7.48. The lowest BCUT2D eigenvalue weighted by Gasteiger charge is -2.21. The number of aliphatic imine (C=N–C) groups is 1. The molecule has 202 valence electrons. The van der Waals surface area contributed by atoms with E-state index in [2.05, 4.69) is 4.98 Å². The Bertz CT molecular complexity index is 1670. The molecule has 6 rings (SSSR count). The summed E-state index contributed by atoms with van der Waals surface area (Å²) in [6.45, 7) is 1.29. The maximum atomic E-state index is 13.0. The van der Waals surface area contributed by atoms with Crippen LogP contribution < -0.4 is 4.90 Å². The Morgan fingerprint density at radius 2 is 1.82 bits per heavy atom. The molecule has 1 saturated heterocycles. The number of ether oxygens (including phenoxy) is 1. The SMILES string of the molecule is COC(=O)c1ccc2c(C(=Nc3ccc4c(c3)CCN4C(=O)CN3CCCC3=O)c3ccccc3)c(O)[nH]c2c1. The third kappa shape index (κ3) is 4.59. The van der Waals surface area contributed by atoms with Crippen molar-refractivity contribution in [2.75, 3.05) is 31.6 Å². The minimum atomic E-state index is -0.466. The van der Waals surface area contributed by atoms with Gasteiger partial charge in [0.25, 0.3) is 0 Å². The van der Waals surface area contributed by atoms with Gasteiger partial charge >= 0.3 is 5.97 Å². The van der Waals surface area contributed by atoms with Gasteiger partial charge in [-0.05, 0) is 48.7 Å². The number of esters is 1. The smallest absolute Gasteiger partial charge is 0.337 e. The topological polar surface area (TPSA) is 115 Å². The second-order valence-corrected chi connectivity index (χ2v) is 9.95. The number of likely N-dealkylation sites (tertiary alicyclic amines) is 1. The molecule has 3 aromatic carbocycles. The van der Waals surface area contributed by atoms with Gasteiger partial charge in [-0.1, -0.05) is 36.4 Å². The molecule has 0 atom stereocenters. The summed E-state index contributed by atoms with van der Waals surface area (Å²) in [5, 5.41) is 11.7. The van der Waals surface area contributed by atoms with E-state index in [1.807, 2.05) is 48.5 Å². The van der Waals surface area contributed by atoms with Crippen molar-refractivity contribution in [1.29, 1.82) is 0 Å². The molecule has 0 spiro atoms. The number of fused-ring (bicyclic) bond motifs is 2. The number of nitrogens with zero attached hydrogens (tertiary/aromatic N) is 3. The molecule has 2 aliphatic rings. The van der Waals surface area contributed by atoms with Gasteiger partial charge in [0, 0.05) is 41.7 Å². The molecule has 0 saturated carbocycles. The number of benzene rings is 3. The van der Waals surface area contributed by atoms with Crippen LogP contribution in [0.2, 0.25) is 0 Å². The van der Waals surface area contributed by atoms with E-state index in [0.29, 0.717) is 59.4 Å². The molecule has 0 radical (unpaired) electrons. The zero-order valence-corrected chi connectivity index (χ0v) is 22.0. The predicted molar refractivity (Wildman–Crippen MR) is 151 cm³/mol. The molecule has 2 N–H and O–H groups in total. The summed E-state index contributed by atoms with van der Waals surface area (Å²) < 4.78 is 4.83. The van der Waals surface area contributed by atoms with Crippen LogP contribution >= 0.6 is 0 Å². The Balaban J connectivity index is 1.37. The van der Waals surface area contributed by atoms with Crippen molar-refractivity contribution >= 4 is 45.8 Å². The van der Waals surface area contributed by atoms with Crippen molar-refractivity contribution in [2.45, 2.75) is 19.3 Å². The molecule has 2 amide bonds. The van der Waals surface area contributed by atoms with Gasteiger partial charge < -0.3 is 24.6 Å². The molecule has 3 heterocycles. The Morgan fingerprint density at radius 1 is 1.00 bits per heavy atom. The summed E-state index contributed by atoms with van der Waals surface area (Å²) in [6, 6.07) is 20.4. The normalized spacial score (nSPS) is 15.1. The first-order valence-electron chi connectivity index (χ1n) is 13.2. The molecule has 4 aromatic rings. The Labute approximate surface area is 230 Å². The first kappa shape index (κ1) is 25.4. The van der Waals surface area contributed by atoms with E-state index in [1.165, 1.54) is 7.11 Å². The number of aromatic amines is 1. The summed E-state index contributed by atoms with van der Waals surface area (Å²) in [5.41, 5.74) is 5.36. The Hall–Kier alpha value is -4.92. The van der Waals surface area contributed by atoms with Gasteiger partial charge in [-0.15, -0.1) is 0 Å². The molecule has 40 heavy (non-hydrogen) atoms. The number of carbonyl (C=O) groups is 3. The van der Waals surface area contributed by atoms with Crippen LogP contribution in [0, 0.1) is 0 Å². The van der Waals surface area contributed by atoms with Crippen LogP contribution in [0.15, 0.2) is 71.7 Å². The van der Waals surface area contributed by atoms with E-state index in [-0.39, 0.29) is 24.2 Å². The third-order valence-electron chi connectivity index (χ3n) is 7.48. The van der Waals surface area contributed by atoms with Gasteiger partial charge in [0.1, 0.15) is 6.54 Å². The molecule has 0 aliphatic carbocycles. The zero-order chi connectivity index (χ0) is 27.8. The van der Waals surface area contributed by atoms with Gasteiger partial charge in [0.05, 0.1) is 29.6 Å². The van der Waals surface area contributed by atoms with Crippen molar-refractivity contribution in [2.24, 2.45) is 4.99 Å². The fourth-order valence-electron chi connectivity index (χ4n) is 5.49. The molecule has 9 heteroatoms. The number of amides is 2. The number of H-pyrrole nitrogens is 1. The Kier molecular flexibility index (Phi) is 6.55. The van der Waals surface area contributed by atoms with E-state index >= 15 is 0 Å². The number of nitrogens with one attached hydrogen (secondary N) is 1. The summed E-state index contributed by atoms with van der Waals surface area (Å²) in [7, 11) is 1.32. The number of carbonyl (C=O) groups excluding carboxylic acids is 3. The van der Waals surface area contributed by atoms with Crippen molar-refractivity contribution in [3.63, 3.8) is 0 Å². The van der Waals surface area contributed by atoms with Gasteiger partial charge in [-0.3, -0.25) is 9.59 Å². The second kappa shape index (κ2) is 10.3. The summed E-state index contributed by atoms with van der Waals surface area (Å²) in [4.78, 5) is 48.4. The Morgan fingerprint density at radius 3 is 2.58 bits per heavy atom. The highest BCUT2D eigenvalue weighted by Crippen LogP contribution is 2.35. The fraction of sp³-hybridized carbons (Fsp3) is 0.226. The highest BCUT2D eigenvalue weighted by Gasteiger charge is 2.29. The number of methoxy groups -OCH3 is 1. The average molecular weight is 537 g/mol. The van der Waals surface area contributed by atoms with E-state index in [0.717, 1.165) is 23.2 Å². The maximum Gasteiger partial charge on any atom is 0.337 e. The number of aromatic nitrogens is 1.